The quantitative estimate of drug-likeness (QED) is 0.751. The molecule has 0 radical (unpaired) electrons. The zero-order valence-electron chi connectivity index (χ0n) is 13.5. The number of aromatic nitrogens is 2. The molecule has 4 nitrogen and oxygen atoms in total. The monoisotopic (exact) mass is 357 g/mol. The van der Waals surface area contributed by atoms with Gasteiger partial charge in [-0.25, -0.2) is 4.98 Å². The Morgan fingerprint density at radius 1 is 1.42 bits per heavy atom. The molecular formula is C18H19N3OS2. The van der Waals surface area contributed by atoms with Crippen molar-refractivity contribution >= 4 is 33.7 Å². The molecule has 1 atom stereocenters. The summed E-state index contributed by atoms with van der Waals surface area (Å²) in [5.41, 5.74) is 1.84. The molecule has 124 valence electrons. The largest absolute Gasteiger partial charge is 0.338 e. The Morgan fingerprint density at radius 2 is 2.33 bits per heavy atom. The van der Waals surface area contributed by atoms with Crippen molar-refractivity contribution in [2.75, 3.05) is 5.32 Å². The van der Waals surface area contributed by atoms with Crippen LogP contribution in [-0.2, 0) is 19.4 Å². The molecule has 0 aromatic carbocycles. The van der Waals surface area contributed by atoms with E-state index in [2.05, 4.69) is 28.7 Å². The van der Waals surface area contributed by atoms with E-state index in [1.807, 2.05) is 29.0 Å². The van der Waals surface area contributed by atoms with Crippen LogP contribution in [0.4, 0.5) is 5.13 Å². The Kier molecular flexibility index (Phi) is 4.24. The van der Waals surface area contributed by atoms with Crippen LogP contribution in [0.25, 0.3) is 0 Å². The Labute approximate surface area is 149 Å². The topological polar surface area (TPSA) is 46.9 Å². The minimum absolute atomic E-state index is 0.0873. The molecule has 3 aromatic heterocycles. The number of rotatable bonds is 4. The van der Waals surface area contributed by atoms with E-state index in [1.165, 1.54) is 21.9 Å². The summed E-state index contributed by atoms with van der Waals surface area (Å²) >= 11 is 3.33. The number of nitrogens with zero attached hydrogens (tertiary/aromatic N) is 2. The summed E-state index contributed by atoms with van der Waals surface area (Å²) in [5, 5.41) is 5.77. The van der Waals surface area contributed by atoms with E-state index in [0.717, 1.165) is 24.5 Å². The number of thiophene rings is 1. The number of carbonyl (C=O) groups excluding carboxylic acids is 1. The van der Waals surface area contributed by atoms with E-state index >= 15 is 0 Å². The number of amides is 1. The third-order valence-electron chi connectivity index (χ3n) is 4.37. The summed E-state index contributed by atoms with van der Waals surface area (Å²) in [6, 6.07) is 7.89. The van der Waals surface area contributed by atoms with Crippen molar-refractivity contribution in [1.82, 2.24) is 9.55 Å². The lowest BCUT2D eigenvalue weighted by atomic mass is 9.93. The second kappa shape index (κ2) is 6.53. The van der Waals surface area contributed by atoms with Gasteiger partial charge in [-0.15, -0.1) is 22.7 Å². The van der Waals surface area contributed by atoms with Crippen molar-refractivity contribution in [3.8, 4) is 0 Å². The van der Waals surface area contributed by atoms with Gasteiger partial charge in [-0.1, -0.05) is 13.0 Å². The molecule has 1 aliphatic rings. The standard InChI is InChI=1S/C18H19N3OS2/c1-12-6-7-14-16(10-12)24-18(19-14)20-17(22)15-5-2-8-21(15)11-13-4-3-9-23-13/h2-5,8-9,12H,6-7,10-11H2,1H3,(H,19,20,22)/t12-/m0/s1. The van der Waals surface area contributed by atoms with Crippen molar-refractivity contribution in [3.63, 3.8) is 0 Å². The molecule has 1 amide bonds. The van der Waals surface area contributed by atoms with Crippen LogP contribution in [0, 0.1) is 5.92 Å². The highest BCUT2D eigenvalue weighted by atomic mass is 32.1. The maximum atomic E-state index is 12.6. The van der Waals surface area contributed by atoms with Crippen molar-refractivity contribution in [2.45, 2.75) is 32.7 Å². The Morgan fingerprint density at radius 3 is 3.17 bits per heavy atom. The lowest BCUT2D eigenvalue weighted by Crippen LogP contribution is -2.17. The van der Waals surface area contributed by atoms with Crippen LogP contribution >= 0.6 is 22.7 Å². The lowest BCUT2D eigenvalue weighted by Gasteiger charge is -2.15. The molecule has 0 saturated carbocycles. The predicted molar refractivity (Wildman–Crippen MR) is 99.1 cm³/mol. The first-order valence-electron chi connectivity index (χ1n) is 8.16. The van der Waals surface area contributed by atoms with E-state index in [4.69, 9.17) is 0 Å². The molecule has 0 fully saturated rings. The zero-order chi connectivity index (χ0) is 16.5. The van der Waals surface area contributed by atoms with Gasteiger partial charge in [0, 0.05) is 16.0 Å². The van der Waals surface area contributed by atoms with Gasteiger partial charge in [-0.05, 0) is 48.8 Å². The van der Waals surface area contributed by atoms with E-state index < -0.39 is 0 Å². The average Bonchev–Trinajstić information content (AvgIpc) is 3.27. The first-order valence-corrected chi connectivity index (χ1v) is 9.86. The first kappa shape index (κ1) is 15.6. The fourth-order valence-electron chi connectivity index (χ4n) is 3.08. The van der Waals surface area contributed by atoms with Crippen LogP contribution < -0.4 is 5.32 Å². The van der Waals surface area contributed by atoms with Crippen LogP contribution in [0.3, 0.4) is 0 Å². The normalized spacial score (nSPS) is 16.8. The molecular weight excluding hydrogens is 338 g/mol. The fraction of sp³-hybridized carbons (Fsp3) is 0.333. The molecule has 3 aromatic rings. The van der Waals surface area contributed by atoms with Gasteiger partial charge < -0.3 is 4.57 Å². The van der Waals surface area contributed by atoms with Crippen molar-refractivity contribution in [1.29, 1.82) is 0 Å². The van der Waals surface area contributed by atoms with Gasteiger partial charge in [0.15, 0.2) is 5.13 Å². The van der Waals surface area contributed by atoms with Gasteiger partial charge in [0.1, 0.15) is 5.69 Å². The van der Waals surface area contributed by atoms with Gasteiger partial charge in [-0.2, -0.15) is 0 Å². The zero-order valence-corrected chi connectivity index (χ0v) is 15.1. The molecule has 0 spiro atoms. The Hall–Kier alpha value is -1.92. The molecule has 1 aliphatic carbocycles. The summed E-state index contributed by atoms with van der Waals surface area (Å²) in [5.74, 6) is 0.625. The van der Waals surface area contributed by atoms with Gasteiger partial charge in [-0.3, -0.25) is 10.1 Å². The fourth-order valence-corrected chi connectivity index (χ4v) is 4.95. The molecule has 0 saturated heterocycles. The van der Waals surface area contributed by atoms with Crippen molar-refractivity contribution in [3.05, 3.63) is 57.0 Å². The maximum absolute atomic E-state index is 12.6. The second-order valence-electron chi connectivity index (χ2n) is 6.29. The van der Waals surface area contributed by atoms with Gasteiger partial charge in [0.25, 0.3) is 5.91 Å². The number of carbonyl (C=O) groups is 1. The first-order chi connectivity index (χ1) is 11.7. The highest BCUT2D eigenvalue weighted by molar-refractivity contribution is 7.15. The van der Waals surface area contributed by atoms with Crippen LogP contribution in [0.2, 0.25) is 0 Å². The molecule has 0 aliphatic heterocycles. The third kappa shape index (κ3) is 3.16. The number of thiazole rings is 1. The summed E-state index contributed by atoms with van der Waals surface area (Å²) in [4.78, 5) is 19.8. The summed E-state index contributed by atoms with van der Waals surface area (Å²) in [6.07, 6.45) is 5.24. The number of hydrogen-bond acceptors (Lipinski definition) is 4. The molecule has 6 heteroatoms. The number of fused-ring (bicyclic) bond motifs is 1. The van der Waals surface area contributed by atoms with E-state index in [-0.39, 0.29) is 5.91 Å². The molecule has 0 unspecified atom stereocenters. The highest BCUT2D eigenvalue weighted by Gasteiger charge is 2.21. The summed E-state index contributed by atoms with van der Waals surface area (Å²) < 4.78 is 1.98. The van der Waals surface area contributed by atoms with Crippen LogP contribution in [0.5, 0.6) is 0 Å². The number of hydrogen-bond donors (Lipinski definition) is 1. The van der Waals surface area contributed by atoms with Crippen LogP contribution in [-0.4, -0.2) is 15.5 Å². The van der Waals surface area contributed by atoms with E-state index in [0.29, 0.717) is 11.6 Å². The van der Waals surface area contributed by atoms with Crippen molar-refractivity contribution in [2.24, 2.45) is 5.92 Å². The van der Waals surface area contributed by atoms with Crippen LogP contribution in [0.1, 0.15) is 39.3 Å². The molecule has 3 heterocycles. The average molecular weight is 358 g/mol. The van der Waals surface area contributed by atoms with Crippen LogP contribution in [0.15, 0.2) is 35.8 Å². The van der Waals surface area contributed by atoms with Gasteiger partial charge in [0.2, 0.25) is 0 Å². The molecule has 0 bridgehead atoms. The number of nitrogens with one attached hydrogen (secondary N) is 1. The Bertz CT molecular complexity index is 848. The van der Waals surface area contributed by atoms with E-state index in [1.54, 1.807) is 22.7 Å². The minimum atomic E-state index is -0.0873. The highest BCUT2D eigenvalue weighted by Crippen LogP contribution is 2.32. The predicted octanol–water partition coefficient (Wildman–Crippen LogP) is 4.43. The molecule has 4 rings (SSSR count). The smallest absolute Gasteiger partial charge is 0.274 e. The Balaban J connectivity index is 1.50. The molecule has 1 N–H and O–H groups in total. The van der Waals surface area contributed by atoms with E-state index in [9.17, 15) is 4.79 Å². The lowest BCUT2D eigenvalue weighted by molar-refractivity contribution is 0.101. The number of anilines is 1. The molecule has 24 heavy (non-hydrogen) atoms. The third-order valence-corrected chi connectivity index (χ3v) is 6.27. The summed E-state index contributed by atoms with van der Waals surface area (Å²) in [7, 11) is 0. The van der Waals surface area contributed by atoms with Gasteiger partial charge >= 0.3 is 0 Å². The van der Waals surface area contributed by atoms with Gasteiger partial charge in [0.05, 0.1) is 12.2 Å². The summed E-state index contributed by atoms with van der Waals surface area (Å²) in [6.45, 7) is 3.00. The second-order valence-corrected chi connectivity index (χ2v) is 8.41. The van der Waals surface area contributed by atoms with Crippen molar-refractivity contribution < 1.29 is 4.79 Å². The SMILES string of the molecule is C[C@H]1CCc2nc(NC(=O)c3cccn3Cc3cccs3)sc2C1. The maximum Gasteiger partial charge on any atom is 0.274 e. The number of aryl methyl sites for hydroxylation is 1. The minimum Gasteiger partial charge on any atom is -0.338 e.